The van der Waals surface area contributed by atoms with Crippen molar-refractivity contribution in [3.8, 4) is 0 Å². The molecule has 1 aromatic rings. The third-order valence-corrected chi connectivity index (χ3v) is 2.27. The molecule has 2 rings (SSSR count). The molecule has 0 unspecified atom stereocenters. The molecule has 86 valence electrons. The van der Waals surface area contributed by atoms with E-state index >= 15 is 0 Å². The minimum atomic E-state index is 0. The lowest BCUT2D eigenvalue weighted by Gasteiger charge is -2.39. The summed E-state index contributed by atoms with van der Waals surface area (Å²) < 4.78 is 0. The van der Waals surface area contributed by atoms with Crippen LogP contribution in [-0.4, -0.2) is 6.04 Å². The van der Waals surface area contributed by atoms with Crippen LogP contribution < -0.4 is 4.90 Å². The lowest BCUT2D eigenvalue weighted by Crippen LogP contribution is -2.37. The van der Waals surface area contributed by atoms with Crippen LogP contribution in [0.25, 0.3) is 0 Å². The predicted octanol–water partition coefficient (Wildman–Crippen LogP) is 4.32. The first-order valence-corrected chi connectivity index (χ1v) is 5.87. The third-order valence-electron chi connectivity index (χ3n) is 2.27. The van der Waals surface area contributed by atoms with Crippen LogP contribution in [0, 0.1) is 5.92 Å². The SMILES string of the molecule is CC(C)C.CC(C)N1Cc2ccccc21.[2HH]. The Morgan fingerprint density at radius 1 is 1.07 bits per heavy atom. The minimum absolute atomic E-state index is 0. The molecular weight excluding hydrogens is 182 g/mol. The third kappa shape index (κ3) is 3.26. The number of benzene rings is 1. The van der Waals surface area contributed by atoms with E-state index in [0.717, 1.165) is 12.5 Å². The summed E-state index contributed by atoms with van der Waals surface area (Å²) in [5.41, 5.74) is 2.91. The van der Waals surface area contributed by atoms with Crippen molar-refractivity contribution in [2.75, 3.05) is 4.90 Å². The molecule has 0 radical (unpaired) electrons. The Labute approximate surface area is 95.6 Å². The van der Waals surface area contributed by atoms with E-state index in [1.165, 1.54) is 11.3 Å². The number of nitrogens with zero attached hydrogens (tertiary/aromatic N) is 1. The predicted molar refractivity (Wildman–Crippen MR) is 70.4 cm³/mol. The zero-order valence-corrected chi connectivity index (χ0v) is 10.6. The van der Waals surface area contributed by atoms with Gasteiger partial charge in [-0.05, 0) is 31.4 Å². The molecule has 1 heterocycles. The Bertz CT molecular complexity index is 305. The molecule has 0 spiro atoms. The number of fused-ring (bicyclic) bond motifs is 1. The highest BCUT2D eigenvalue weighted by Crippen LogP contribution is 2.33. The van der Waals surface area contributed by atoms with Crippen molar-refractivity contribution in [3.63, 3.8) is 0 Å². The van der Waals surface area contributed by atoms with Crippen molar-refractivity contribution in [2.45, 2.75) is 47.2 Å². The van der Waals surface area contributed by atoms with E-state index in [2.05, 4.69) is 63.8 Å². The van der Waals surface area contributed by atoms with Crippen molar-refractivity contribution in [2.24, 2.45) is 5.92 Å². The summed E-state index contributed by atoms with van der Waals surface area (Å²) in [5.74, 6) is 0.833. The largest absolute Gasteiger partial charge is 0.364 e. The fraction of sp³-hybridized carbons (Fsp3) is 0.571. The van der Waals surface area contributed by atoms with E-state index in [0.29, 0.717) is 6.04 Å². The average molecular weight is 208 g/mol. The molecule has 0 fully saturated rings. The van der Waals surface area contributed by atoms with Crippen LogP contribution in [0.15, 0.2) is 24.3 Å². The summed E-state index contributed by atoms with van der Waals surface area (Å²) >= 11 is 0. The summed E-state index contributed by atoms with van der Waals surface area (Å²) in [5, 5.41) is 0. The van der Waals surface area contributed by atoms with E-state index in [1.54, 1.807) is 0 Å². The number of para-hydroxylation sites is 1. The average Bonchev–Trinajstić information content (AvgIpc) is 2.05. The quantitative estimate of drug-likeness (QED) is 0.664. The monoisotopic (exact) mass is 208 g/mol. The molecule has 0 aromatic heterocycles. The molecule has 0 bridgehead atoms. The van der Waals surface area contributed by atoms with Gasteiger partial charge >= 0.3 is 0 Å². The van der Waals surface area contributed by atoms with Gasteiger partial charge in [-0.25, -0.2) is 0 Å². The second-order valence-electron chi connectivity index (χ2n) is 5.08. The van der Waals surface area contributed by atoms with Crippen molar-refractivity contribution in [1.82, 2.24) is 0 Å². The van der Waals surface area contributed by atoms with Crippen molar-refractivity contribution in [1.29, 1.82) is 0 Å². The van der Waals surface area contributed by atoms with Crippen molar-refractivity contribution < 1.29 is 1.43 Å². The highest BCUT2D eigenvalue weighted by Gasteiger charge is 2.22. The lowest BCUT2D eigenvalue weighted by molar-refractivity contribution is 0.638. The normalized spacial score (nSPS) is 13.1. The molecule has 0 saturated carbocycles. The number of anilines is 1. The van der Waals surface area contributed by atoms with E-state index in [-0.39, 0.29) is 1.43 Å². The molecule has 1 nitrogen and oxygen atoms in total. The maximum Gasteiger partial charge on any atom is 0.0452 e. The van der Waals surface area contributed by atoms with Gasteiger partial charge in [0.2, 0.25) is 0 Å². The molecule has 1 heteroatoms. The Kier molecular flexibility index (Phi) is 4.19. The molecule has 1 aliphatic heterocycles. The second kappa shape index (κ2) is 5.20. The summed E-state index contributed by atoms with van der Waals surface area (Å²) in [4.78, 5) is 2.41. The van der Waals surface area contributed by atoms with Gasteiger partial charge in [0.15, 0.2) is 0 Å². The highest BCUT2D eigenvalue weighted by molar-refractivity contribution is 5.62. The van der Waals surface area contributed by atoms with Gasteiger partial charge in [0, 0.05) is 19.7 Å². The van der Waals surface area contributed by atoms with Gasteiger partial charge in [0.1, 0.15) is 0 Å². The molecule has 0 amide bonds. The van der Waals surface area contributed by atoms with Gasteiger partial charge in [-0.3, -0.25) is 0 Å². The maximum absolute atomic E-state index is 2.41. The fourth-order valence-corrected chi connectivity index (χ4v) is 1.56. The van der Waals surface area contributed by atoms with Gasteiger partial charge in [-0.2, -0.15) is 0 Å². The molecule has 0 atom stereocenters. The molecule has 1 aliphatic rings. The van der Waals surface area contributed by atoms with Crippen LogP contribution in [0.5, 0.6) is 0 Å². The second-order valence-corrected chi connectivity index (χ2v) is 5.08. The van der Waals surface area contributed by atoms with Gasteiger partial charge in [0.05, 0.1) is 0 Å². The Morgan fingerprint density at radius 3 is 2.07 bits per heavy atom. The first kappa shape index (κ1) is 12.1. The molecule has 0 N–H and O–H groups in total. The Hall–Kier alpha value is -0.980. The first-order valence-electron chi connectivity index (χ1n) is 5.87. The minimum Gasteiger partial charge on any atom is -0.364 e. The van der Waals surface area contributed by atoms with Gasteiger partial charge in [-0.1, -0.05) is 39.0 Å². The summed E-state index contributed by atoms with van der Waals surface area (Å²) in [6, 6.07) is 9.25. The zero-order valence-electron chi connectivity index (χ0n) is 10.6. The Balaban J connectivity index is 0.000000397. The topological polar surface area (TPSA) is 3.24 Å². The highest BCUT2D eigenvalue weighted by atomic mass is 15.2. The zero-order chi connectivity index (χ0) is 11.4. The van der Waals surface area contributed by atoms with Crippen LogP contribution in [0.1, 0.15) is 41.6 Å². The first-order chi connectivity index (χ1) is 7.02. The van der Waals surface area contributed by atoms with Crippen molar-refractivity contribution >= 4 is 5.69 Å². The van der Waals surface area contributed by atoms with Crippen molar-refractivity contribution in [3.05, 3.63) is 29.8 Å². The van der Waals surface area contributed by atoms with E-state index in [9.17, 15) is 0 Å². The molecule has 0 saturated heterocycles. The summed E-state index contributed by atoms with van der Waals surface area (Å²) in [6.45, 7) is 12.1. The molecular formula is C14H25N. The van der Waals surface area contributed by atoms with Gasteiger partial charge in [0.25, 0.3) is 0 Å². The number of hydrogen-bond donors (Lipinski definition) is 0. The molecule has 15 heavy (non-hydrogen) atoms. The molecule has 1 aromatic carbocycles. The van der Waals surface area contributed by atoms with Crippen LogP contribution in [-0.2, 0) is 6.54 Å². The van der Waals surface area contributed by atoms with E-state index in [4.69, 9.17) is 0 Å². The summed E-state index contributed by atoms with van der Waals surface area (Å²) in [6.07, 6.45) is 0. The fourth-order valence-electron chi connectivity index (χ4n) is 1.56. The van der Waals surface area contributed by atoms with E-state index in [1.807, 2.05) is 0 Å². The number of hydrogen-bond acceptors (Lipinski definition) is 1. The standard InChI is InChI=1S/C10H13N.C4H10.H2/c1-8(2)11-7-9-5-3-4-6-10(9)11;1-4(2)3;/h3-6,8H,7H2,1-2H3;4H,1-3H3;1H/i;;1+1. The van der Waals surface area contributed by atoms with Crippen LogP contribution in [0.4, 0.5) is 5.69 Å². The number of rotatable bonds is 1. The van der Waals surface area contributed by atoms with Crippen LogP contribution >= 0.6 is 0 Å². The summed E-state index contributed by atoms with van der Waals surface area (Å²) in [7, 11) is 0. The Morgan fingerprint density at radius 2 is 1.60 bits per heavy atom. The lowest BCUT2D eigenvalue weighted by atomic mass is 10.0. The van der Waals surface area contributed by atoms with Gasteiger partial charge in [-0.15, -0.1) is 0 Å². The van der Waals surface area contributed by atoms with E-state index < -0.39 is 0 Å². The van der Waals surface area contributed by atoms with Crippen LogP contribution in [0.2, 0.25) is 0 Å². The van der Waals surface area contributed by atoms with Crippen LogP contribution in [0.3, 0.4) is 0 Å². The van der Waals surface area contributed by atoms with Gasteiger partial charge < -0.3 is 4.90 Å². The maximum atomic E-state index is 2.41. The smallest absolute Gasteiger partial charge is 0.0452 e. The molecule has 0 aliphatic carbocycles.